The third-order valence-corrected chi connectivity index (χ3v) is 2.39. The summed E-state index contributed by atoms with van der Waals surface area (Å²) < 4.78 is 5.59. The summed E-state index contributed by atoms with van der Waals surface area (Å²) in [5.74, 6) is 1.00. The van der Waals surface area contributed by atoms with Crippen molar-refractivity contribution in [3.63, 3.8) is 0 Å². The van der Waals surface area contributed by atoms with Crippen molar-refractivity contribution in [1.82, 2.24) is 5.32 Å². The van der Waals surface area contributed by atoms with Gasteiger partial charge in [-0.05, 0) is 19.9 Å². The maximum Gasteiger partial charge on any atom is 0.180 e. The van der Waals surface area contributed by atoms with Crippen LogP contribution in [0.1, 0.15) is 20.3 Å². The van der Waals surface area contributed by atoms with Gasteiger partial charge in [0, 0.05) is 24.7 Å². The van der Waals surface area contributed by atoms with E-state index in [-0.39, 0.29) is 5.78 Å². The van der Waals surface area contributed by atoms with E-state index in [1.54, 1.807) is 0 Å². The number of ketones is 1. The van der Waals surface area contributed by atoms with Crippen molar-refractivity contribution in [2.24, 2.45) is 0 Å². The van der Waals surface area contributed by atoms with Crippen molar-refractivity contribution in [2.75, 3.05) is 6.54 Å². The molecule has 2 heterocycles. The highest BCUT2D eigenvalue weighted by Crippen LogP contribution is 2.31. The molecule has 0 amide bonds. The van der Waals surface area contributed by atoms with Gasteiger partial charge in [-0.2, -0.15) is 0 Å². The molecule has 0 bridgehead atoms. The normalized spacial score (nSPS) is 24.9. The van der Waals surface area contributed by atoms with E-state index in [2.05, 4.69) is 5.32 Å². The smallest absolute Gasteiger partial charge is 0.180 e. The average Bonchev–Trinajstić information content (AvgIpc) is 2.06. The fourth-order valence-corrected chi connectivity index (χ4v) is 1.50. The first-order chi connectivity index (χ1) is 6.09. The van der Waals surface area contributed by atoms with Crippen molar-refractivity contribution < 1.29 is 9.53 Å². The maximum absolute atomic E-state index is 11.5. The van der Waals surface area contributed by atoms with Crippen LogP contribution >= 0.6 is 0 Å². The van der Waals surface area contributed by atoms with Crippen molar-refractivity contribution in [1.29, 1.82) is 0 Å². The molecule has 3 heteroatoms. The third-order valence-electron chi connectivity index (χ3n) is 2.39. The molecule has 0 aromatic carbocycles. The zero-order chi connectivity index (χ0) is 9.47. The summed E-state index contributed by atoms with van der Waals surface area (Å²) in [6.45, 7) is 4.41. The minimum atomic E-state index is -0.652. The second-order valence-corrected chi connectivity index (χ2v) is 3.86. The molecule has 0 aliphatic carbocycles. The molecule has 2 aliphatic heterocycles. The molecule has 0 aromatic heterocycles. The van der Waals surface area contributed by atoms with E-state index in [1.165, 1.54) is 0 Å². The first-order valence-electron chi connectivity index (χ1n) is 4.45. The topological polar surface area (TPSA) is 38.3 Å². The first kappa shape index (κ1) is 8.35. The van der Waals surface area contributed by atoms with Crippen LogP contribution < -0.4 is 5.32 Å². The lowest BCUT2D eigenvalue weighted by atomic mass is 9.91. The number of nitrogens with one attached hydrogen (secondary N) is 1. The van der Waals surface area contributed by atoms with E-state index < -0.39 is 5.60 Å². The summed E-state index contributed by atoms with van der Waals surface area (Å²) >= 11 is 0. The van der Waals surface area contributed by atoms with E-state index in [0.29, 0.717) is 6.42 Å². The van der Waals surface area contributed by atoms with Crippen molar-refractivity contribution in [3.8, 4) is 0 Å². The van der Waals surface area contributed by atoms with Gasteiger partial charge in [0.1, 0.15) is 5.76 Å². The van der Waals surface area contributed by atoms with Crippen LogP contribution in [-0.4, -0.2) is 17.9 Å². The fraction of sp³-hybridized carbons (Fsp3) is 0.500. The summed E-state index contributed by atoms with van der Waals surface area (Å²) in [6.07, 6.45) is 4.32. The molecule has 0 radical (unpaired) electrons. The largest absolute Gasteiger partial charge is 0.480 e. The lowest BCUT2D eigenvalue weighted by molar-refractivity contribution is -0.137. The van der Waals surface area contributed by atoms with Gasteiger partial charge in [0.05, 0.1) is 0 Å². The molecule has 0 unspecified atom stereocenters. The molecule has 2 aliphatic rings. The number of hydrogen-bond donors (Lipinski definition) is 1. The third kappa shape index (κ3) is 1.34. The Balaban J connectivity index is 2.30. The van der Waals surface area contributed by atoms with E-state index in [4.69, 9.17) is 4.74 Å². The number of dihydropyridines is 1. The summed E-state index contributed by atoms with van der Waals surface area (Å²) in [4.78, 5) is 11.5. The summed E-state index contributed by atoms with van der Waals surface area (Å²) in [5.41, 5.74) is 0.316. The quantitative estimate of drug-likeness (QED) is 0.605. The van der Waals surface area contributed by atoms with Crippen molar-refractivity contribution in [3.05, 3.63) is 23.6 Å². The number of fused-ring (bicyclic) bond motifs is 1. The molecular formula is C10H13NO2. The minimum Gasteiger partial charge on any atom is -0.480 e. The Hall–Kier alpha value is -1.25. The number of allylic oxidation sites excluding steroid dienone is 1. The molecule has 1 fully saturated rings. The van der Waals surface area contributed by atoms with Gasteiger partial charge in [0.25, 0.3) is 0 Å². The molecule has 1 saturated heterocycles. The van der Waals surface area contributed by atoms with Crippen LogP contribution in [-0.2, 0) is 9.53 Å². The number of carbonyl (C=O) groups excluding carboxylic acids is 1. The average molecular weight is 179 g/mol. The first-order valence-corrected chi connectivity index (χ1v) is 4.45. The fourth-order valence-electron chi connectivity index (χ4n) is 1.50. The highest BCUT2D eigenvalue weighted by Gasteiger charge is 2.37. The van der Waals surface area contributed by atoms with Crippen LogP contribution in [0.15, 0.2) is 23.6 Å². The molecule has 0 spiro atoms. The van der Waals surface area contributed by atoms with Gasteiger partial charge in [-0.1, -0.05) is 0 Å². The van der Waals surface area contributed by atoms with Crippen LogP contribution in [0.3, 0.4) is 0 Å². The highest BCUT2D eigenvalue weighted by molar-refractivity contribution is 5.90. The summed E-state index contributed by atoms with van der Waals surface area (Å²) in [5, 5.41) is 3.06. The number of carbonyl (C=O) groups is 1. The van der Waals surface area contributed by atoms with Crippen LogP contribution in [0.25, 0.3) is 0 Å². The van der Waals surface area contributed by atoms with E-state index in [9.17, 15) is 4.79 Å². The van der Waals surface area contributed by atoms with E-state index in [1.807, 2.05) is 26.1 Å². The standard InChI is InChI=1S/C10H13NO2/c1-10(2)9(12)5-7-6-11-4-3-8(7)13-10/h3,6,11H,4-5H2,1-2H3. The molecule has 0 saturated carbocycles. The predicted octanol–water partition coefficient (Wildman–Crippen LogP) is 1.13. The highest BCUT2D eigenvalue weighted by atomic mass is 16.5. The Morgan fingerprint density at radius 1 is 1.54 bits per heavy atom. The number of ether oxygens (including phenoxy) is 1. The van der Waals surface area contributed by atoms with Crippen LogP contribution in [0.2, 0.25) is 0 Å². The molecule has 3 nitrogen and oxygen atoms in total. The molecule has 70 valence electrons. The molecule has 0 atom stereocenters. The monoisotopic (exact) mass is 179 g/mol. The van der Waals surface area contributed by atoms with Gasteiger partial charge >= 0.3 is 0 Å². The summed E-state index contributed by atoms with van der Waals surface area (Å²) in [6, 6.07) is 0. The van der Waals surface area contributed by atoms with Crippen molar-refractivity contribution >= 4 is 5.78 Å². The Labute approximate surface area is 77.5 Å². The van der Waals surface area contributed by atoms with E-state index >= 15 is 0 Å². The van der Waals surface area contributed by atoms with Gasteiger partial charge in [0.15, 0.2) is 11.4 Å². The SMILES string of the molecule is CC1(C)OC2=CCNC=C2CC1=O. The van der Waals surface area contributed by atoms with Crippen LogP contribution in [0.4, 0.5) is 0 Å². The minimum absolute atomic E-state index is 0.139. The Kier molecular flexibility index (Phi) is 1.68. The molecule has 1 N–H and O–H groups in total. The second kappa shape index (κ2) is 2.62. The second-order valence-electron chi connectivity index (χ2n) is 3.86. The lowest BCUT2D eigenvalue weighted by Gasteiger charge is -2.34. The molecular weight excluding hydrogens is 166 g/mol. The molecule has 2 rings (SSSR count). The van der Waals surface area contributed by atoms with Gasteiger partial charge in [0.2, 0.25) is 0 Å². The van der Waals surface area contributed by atoms with Crippen LogP contribution in [0, 0.1) is 0 Å². The van der Waals surface area contributed by atoms with Gasteiger partial charge < -0.3 is 10.1 Å². The number of rotatable bonds is 0. The lowest BCUT2D eigenvalue weighted by Crippen LogP contribution is -2.40. The number of hydrogen-bond acceptors (Lipinski definition) is 3. The zero-order valence-corrected chi connectivity index (χ0v) is 7.89. The van der Waals surface area contributed by atoms with Gasteiger partial charge in [-0.25, -0.2) is 0 Å². The Morgan fingerprint density at radius 3 is 3.08 bits per heavy atom. The van der Waals surface area contributed by atoms with Gasteiger partial charge in [-0.3, -0.25) is 4.79 Å². The van der Waals surface area contributed by atoms with Crippen LogP contribution in [0.5, 0.6) is 0 Å². The summed E-state index contributed by atoms with van der Waals surface area (Å²) in [7, 11) is 0. The van der Waals surface area contributed by atoms with E-state index in [0.717, 1.165) is 17.9 Å². The maximum atomic E-state index is 11.5. The number of Topliss-reactive ketones (excluding diaryl/α,β-unsaturated/α-hetero) is 1. The predicted molar refractivity (Wildman–Crippen MR) is 49.0 cm³/mol. The van der Waals surface area contributed by atoms with Crippen molar-refractivity contribution in [2.45, 2.75) is 25.9 Å². The zero-order valence-electron chi connectivity index (χ0n) is 7.89. The molecule has 13 heavy (non-hydrogen) atoms. The Morgan fingerprint density at radius 2 is 2.31 bits per heavy atom. The molecule has 0 aromatic rings. The Bertz CT molecular complexity index is 313. The van der Waals surface area contributed by atoms with Gasteiger partial charge in [-0.15, -0.1) is 0 Å².